The van der Waals surface area contributed by atoms with E-state index in [1.54, 1.807) is 0 Å². The van der Waals surface area contributed by atoms with Crippen LogP contribution in [-0.4, -0.2) is 0 Å². The Hall–Kier alpha value is -1.20. The molecule has 0 bridgehead atoms. The molecule has 0 spiro atoms. The molecule has 2 unspecified atom stereocenters. The van der Waals surface area contributed by atoms with Crippen molar-refractivity contribution in [2.45, 2.75) is 19.8 Å². The smallest absolute Gasteiger partial charge is 0.139 e. The molecule has 0 aliphatic carbocycles. The lowest BCUT2D eigenvalue weighted by Crippen LogP contribution is -1.92. The van der Waals surface area contributed by atoms with Gasteiger partial charge in [0.1, 0.15) is 5.91 Å². The van der Waals surface area contributed by atoms with Crippen molar-refractivity contribution in [3.05, 3.63) is 59.2 Å². The van der Waals surface area contributed by atoms with Crippen LogP contribution in [0.4, 0.5) is 4.39 Å². The predicted octanol–water partition coefficient (Wildman–Crippen LogP) is 4.81. The average molecular weight is 246 g/mol. The van der Waals surface area contributed by atoms with Crippen LogP contribution in [0.5, 0.6) is 0 Å². The second kappa shape index (κ2) is 4.98. The van der Waals surface area contributed by atoms with E-state index in [1.807, 2.05) is 43.3 Å². The van der Waals surface area contributed by atoms with Gasteiger partial charge in [-0.05, 0) is 36.1 Å². The monoisotopic (exact) mass is 246 g/mol. The van der Waals surface area contributed by atoms with Gasteiger partial charge in [0.05, 0.1) is 0 Å². The van der Waals surface area contributed by atoms with Gasteiger partial charge in [-0.25, -0.2) is 4.39 Å². The van der Waals surface area contributed by atoms with Crippen LogP contribution in [0.1, 0.15) is 22.6 Å². The lowest BCUT2D eigenvalue weighted by Gasteiger charge is -2.13. The molecule has 0 saturated heterocycles. The Morgan fingerprint density at radius 1 is 1.00 bits per heavy atom. The van der Waals surface area contributed by atoms with E-state index in [4.69, 9.17) is 0 Å². The van der Waals surface area contributed by atoms with Crippen LogP contribution in [0.3, 0.4) is 0 Å². The van der Waals surface area contributed by atoms with Gasteiger partial charge < -0.3 is 0 Å². The van der Waals surface area contributed by atoms with Gasteiger partial charge in [-0.2, -0.15) is 0 Å². The van der Waals surface area contributed by atoms with Crippen molar-refractivity contribution >= 4 is 9.24 Å². The first-order valence-electron chi connectivity index (χ1n) is 5.66. The summed E-state index contributed by atoms with van der Waals surface area (Å²) in [7, 11) is 2.22. The summed E-state index contributed by atoms with van der Waals surface area (Å²) in [6, 6.07) is 14.0. The normalized spacial score (nSPS) is 12.5. The summed E-state index contributed by atoms with van der Waals surface area (Å²) in [6.07, 6.45) is 0. The van der Waals surface area contributed by atoms with E-state index in [0.717, 1.165) is 22.3 Å². The number of hydrogen-bond acceptors (Lipinski definition) is 0. The Balaban J connectivity index is 2.65. The van der Waals surface area contributed by atoms with Gasteiger partial charge in [-0.1, -0.05) is 57.3 Å². The van der Waals surface area contributed by atoms with E-state index < -0.39 is 5.91 Å². The fraction of sp³-hybridized carbons (Fsp3) is 0.200. The Morgan fingerprint density at radius 2 is 1.71 bits per heavy atom. The molecule has 2 rings (SSSR count). The molecule has 0 aromatic heterocycles. The topological polar surface area (TPSA) is 0 Å². The quantitative estimate of drug-likeness (QED) is 0.667. The number of benzene rings is 2. The van der Waals surface area contributed by atoms with Crippen molar-refractivity contribution in [2.75, 3.05) is 0 Å². The van der Waals surface area contributed by atoms with Crippen molar-refractivity contribution < 1.29 is 4.39 Å². The molecule has 0 saturated carbocycles. The molecule has 0 N–H and O–H groups in total. The van der Waals surface area contributed by atoms with Crippen LogP contribution in [-0.2, 0) is 0 Å². The molecule has 0 aliphatic rings. The van der Waals surface area contributed by atoms with E-state index in [2.05, 4.69) is 22.2 Å². The van der Waals surface area contributed by atoms with Gasteiger partial charge >= 0.3 is 0 Å². The second-order valence-corrected chi connectivity index (χ2v) is 4.89. The van der Waals surface area contributed by atoms with Gasteiger partial charge in [-0.3, -0.25) is 0 Å². The minimum atomic E-state index is -1.02. The molecule has 0 radical (unpaired) electrons. The van der Waals surface area contributed by atoms with E-state index >= 15 is 0 Å². The predicted molar refractivity (Wildman–Crippen MR) is 74.9 cm³/mol. The summed E-state index contributed by atoms with van der Waals surface area (Å²) in [5.41, 5.74) is 5.15. The largest absolute Gasteiger partial charge is 0.238 e. The van der Waals surface area contributed by atoms with Gasteiger partial charge in [0, 0.05) is 0 Å². The van der Waals surface area contributed by atoms with Gasteiger partial charge in [0.2, 0.25) is 0 Å². The Morgan fingerprint density at radius 3 is 2.35 bits per heavy atom. The van der Waals surface area contributed by atoms with Crippen LogP contribution >= 0.6 is 9.24 Å². The lowest BCUT2D eigenvalue weighted by atomic mass is 9.95. The molecule has 17 heavy (non-hydrogen) atoms. The molecule has 88 valence electrons. The van der Waals surface area contributed by atoms with Crippen molar-refractivity contribution in [3.8, 4) is 11.1 Å². The van der Waals surface area contributed by atoms with E-state index in [1.165, 1.54) is 5.56 Å². The first kappa shape index (κ1) is 12.3. The number of rotatable bonds is 2. The molecule has 0 amide bonds. The molecule has 2 atom stereocenters. The van der Waals surface area contributed by atoms with E-state index in [9.17, 15) is 4.39 Å². The summed E-state index contributed by atoms with van der Waals surface area (Å²) in [6.45, 7) is 4.08. The maximum absolute atomic E-state index is 13.6. The third-order valence-electron chi connectivity index (χ3n) is 2.94. The third-order valence-corrected chi connectivity index (χ3v) is 3.30. The van der Waals surface area contributed by atoms with Crippen LogP contribution < -0.4 is 0 Å². The van der Waals surface area contributed by atoms with Crippen LogP contribution in [0.2, 0.25) is 0 Å². The van der Waals surface area contributed by atoms with Gasteiger partial charge in [-0.15, -0.1) is 0 Å². The molecular weight excluding hydrogens is 230 g/mol. The minimum Gasteiger partial charge on any atom is -0.238 e. The highest BCUT2D eigenvalue weighted by Gasteiger charge is 2.12. The molecule has 0 fully saturated rings. The van der Waals surface area contributed by atoms with E-state index in [0.29, 0.717) is 0 Å². The fourth-order valence-electron chi connectivity index (χ4n) is 2.02. The first-order chi connectivity index (χ1) is 8.09. The molecule has 0 nitrogen and oxygen atoms in total. The maximum atomic E-state index is 13.6. The van der Waals surface area contributed by atoms with Gasteiger partial charge in [0.25, 0.3) is 0 Å². The number of hydrogen-bond donors (Lipinski definition) is 0. The maximum Gasteiger partial charge on any atom is 0.139 e. The Labute approximate surface area is 104 Å². The van der Waals surface area contributed by atoms with Gasteiger partial charge in [0.15, 0.2) is 0 Å². The molecule has 2 aromatic carbocycles. The zero-order valence-electron chi connectivity index (χ0n) is 10.1. The number of halogens is 1. The summed E-state index contributed by atoms with van der Waals surface area (Å²) in [5, 5.41) is 0. The molecule has 2 heteroatoms. The van der Waals surface area contributed by atoms with Crippen LogP contribution in [0.25, 0.3) is 11.1 Å². The zero-order chi connectivity index (χ0) is 12.4. The molecular formula is C15H16FP. The highest BCUT2D eigenvalue weighted by Crippen LogP contribution is 2.35. The third kappa shape index (κ3) is 2.56. The average Bonchev–Trinajstić information content (AvgIpc) is 2.29. The van der Waals surface area contributed by atoms with Crippen molar-refractivity contribution in [2.24, 2.45) is 0 Å². The lowest BCUT2D eigenvalue weighted by molar-refractivity contribution is 0.470. The Kier molecular flexibility index (Phi) is 3.59. The standard InChI is InChI=1S/C15H16FP/c1-10-7-8-13(15(16)17)14(9-10)12-6-4-3-5-11(12)2/h3-9,15H,17H2,1-2H3. The first-order valence-corrected chi connectivity index (χ1v) is 6.32. The highest BCUT2D eigenvalue weighted by molar-refractivity contribution is 7.16. The fourth-order valence-corrected chi connectivity index (χ4v) is 2.31. The van der Waals surface area contributed by atoms with Crippen molar-refractivity contribution in [1.29, 1.82) is 0 Å². The van der Waals surface area contributed by atoms with E-state index in [-0.39, 0.29) is 0 Å². The van der Waals surface area contributed by atoms with Crippen molar-refractivity contribution in [3.63, 3.8) is 0 Å². The Bertz CT molecular complexity index is 532. The van der Waals surface area contributed by atoms with Crippen LogP contribution in [0.15, 0.2) is 42.5 Å². The number of alkyl halides is 1. The number of aryl methyl sites for hydroxylation is 2. The molecule has 2 aromatic rings. The minimum absolute atomic E-state index is 0.731. The second-order valence-electron chi connectivity index (χ2n) is 4.31. The summed E-state index contributed by atoms with van der Waals surface area (Å²) in [5.74, 6) is -1.02. The summed E-state index contributed by atoms with van der Waals surface area (Å²) < 4.78 is 13.6. The highest BCUT2D eigenvalue weighted by atomic mass is 31.0. The molecule has 0 heterocycles. The van der Waals surface area contributed by atoms with Crippen LogP contribution in [0, 0.1) is 13.8 Å². The van der Waals surface area contributed by atoms with Crippen molar-refractivity contribution in [1.82, 2.24) is 0 Å². The summed E-state index contributed by atoms with van der Waals surface area (Å²) >= 11 is 0. The summed E-state index contributed by atoms with van der Waals surface area (Å²) in [4.78, 5) is 0. The molecule has 0 aliphatic heterocycles. The SMILES string of the molecule is Cc1ccc(C(F)P)c(-c2ccccc2C)c1. The zero-order valence-corrected chi connectivity index (χ0v) is 11.2.